The average Bonchev–Trinajstić information content (AvgIpc) is 3.09. The molecule has 2 N–H and O–H groups in total. The second-order valence-corrected chi connectivity index (χ2v) is 7.16. The number of nitrogen functional groups attached to an aromatic ring is 1. The SMILES string of the molecule is Cc1ccccc1-c1nc2c3ccccc3c(COc3ccccc3)cn2c1N. The molecule has 0 fully saturated rings. The fourth-order valence-corrected chi connectivity index (χ4v) is 3.78. The third-order valence-electron chi connectivity index (χ3n) is 5.28. The molecule has 0 aliphatic rings. The molecule has 0 unspecified atom stereocenters. The van der Waals surface area contributed by atoms with Crippen molar-refractivity contribution < 1.29 is 4.74 Å². The van der Waals surface area contributed by atoms with Crippen molar-refractivity contribution in [3.05, 3.63) is 96.2 Å². The molecule has 0 atom stereocenters. The van der Waals surface area contributed by atoms with Gasteiger partial charge in [0.2, 0.25) is 0 Å². The van der Waals surface area contributed by atoms with Crippen LogP contribution in [0.2, 0.25) is 0 Å². The van der Waals surface area contributed by atoms with Gasteiger partial charge in [-0.05, 0) is 30.0 Å². The highest BCUT2D eigenvalue weighted by Gasteiger charge is 2.17. The number of ether oxygens (including phenoxy) is 1. The van der Waals surface area contributed by atoms with Gasteiger partial charge in [0.1, 0.15) is 29.5 Å². The Morgan fingerprint density at radius 1 is 0.862 bits per heavy atom. The molecule has 0 saturated heterocycles. The van der Waals surface area contributed by atoms with E-state index in [0.29, 0.717) is 12.4 Å². The number of aryl methyl sites for hydroxylation is 1. The lowest BCUT2D eigenvalue weighted by Gasteiger charge is -2.11. The van der Waals surface area contributed by atoms with Crippen molar-refractivity contribution in [3.63, 3.8) is 0 Å². The van der Waals surface area contributed by atoms with Gasteiger partial charge in [0.25, 0.3) is 0 Å². The van der Waals surface area contributed by atoms with Crippen LogP contribution in [0, 0.1) is 6.92 Å². The van der Waals surface area contributed by atoms with Crippen LogP contribution in [0.25, 0.3) is 27.7 Å². The van der Waals surface area contributed by atoms with Crippen molar-refractivity contribution in [1.29, 1.82) is 0 Å². The molecule has 2 heterocycles. The van der Waals surface area contributed by atoms with Gasteiger partial charge in [-0.2, -0.15) is 0 Å². The third kappa shape index (κ3) is 2.99. The highest BCUT2D eigenvalue weighted by molar-refractivity contribution is 5.98. The summed E-state index contributed by atoms with van der Waals surface area (Å²) in [7, 11) is 0. The van der Waals surface area contributed by atoms with Gasteiger partial charge in [0, 0.05) is 22.7 Å². The van der Waals surface area contributed by atoms with Crippen molar-refractivity contribution in [2.45, 2.75) is 13.5 Å². The van der Waals surface area contributed by atoms with Gasteiger partial charge in [0.05, 0.1) is 0 Å². The number of anilines is 1. The number of hydrogen-bond acceptors (Lipinski definition) is 3. The molecule has 2 aromatic heterocycles. The number of fused-ring (bicyclic) bond motifs is 3. The Bertz CT molecular complexity index is 1320. The number of rotatable bonds is 4. The van der Waals surface area contributed by atoms with E-state index in [9.17, 15) is 0 Å². The van der Waals surface area contributed by atoms with Crippen LogP contribution in [0.1, 0.15) is 11.1 Å². The fourth-order valence-electron chi connectivity index (χ4n) is 3.78. The molecule has 0 radical (unpaired) electrons. The van der Waals surface area contributed by atoms with Crippen molar-refractivity contribution in [2.24, 2.45) is 0 Å². The lowest BCUT2D eigenvalue weighted by molar-refractivity contribution is 0.307. The van der Waals surface area contributed by atoms with E-state index in [0.717, 1.165) is 44.6 Å². The molecule has 142 valence electrons. The highest BCUT2D eigenvalue weighted by atomic mass is 16.5. The number of aromatic nitrogens is 2. The molecule has 0 saturated carbocycles. The Balaban J connectivity index is 1.68. The summed E-state index contributed by atoms with van der Waals surface area (Å²) in [5.41, 5.74) is 11.5. The Kier molecular flexibility index (Phi) is 4.17. The topological polar surface area (TPSA) is 52.5 Å². The summed E-state index contributed by atoms with van der Waals surface area (Å²) < 4.78 is 8.00. The van der Waals surface area contributed by atoms with Crippen molar-refractivity contribution in [3.8, 4) is 17.0 Å². The minimum Gasteiger partial charge on any atom is -0.489 e. The van der Waals surface area contributed by atoms with E-state index in [4.69, 9.17) is 15.5 Å². The first-order valence-corrected chi connectivity index (χ1v) is 9.64. The van der Waals surface area contributed by atoms with Gasteiger partial charge < -0.3 is 10.5 Å². The average molecular weight is 379 g/mol. The molecule has 29 heavy (non-hydrogen) atoms. The molecule has 5 aromatic rings. The molecule has 3 aromatic carbocycles. The Labute approximate surface area is 169 Å². The zero-order valence-corrected chi connectivity index (χ0v) is 16.2. The number of nitrogens with zero attached hydrogens (tertiary/aromatic N) is 2. The van der Waals surface area contributed by atoms with E-state index in [1.54, 1.807) is 0 Å². The Morgan fingerprint density at radius 2 is 1.55 bits per heavy atom. The smallest absolute Gasteiger partial charge is 0.147 e. The van der Waals surface area contributed by atoms with Crippen molar-refractivity contribution in [2.75, 3.05) is 5.73 Å². The minimum absolute atomic E-state index is 0.456. The van der Waals surface area contributed by atoms with E-state index in [1.165, 1.54) is 0 Å². The molecule has 5 rings (SSSR count). The highest BCUT2D eigenvalue weighted by Crippen LogP contribution is 2.33. The maximum Gasteiger partial charge on any atom is 0.147 e. The molecule has 0 bridgehead atoms. The molecule has 4 nitrogen and oxygen atoms in total. The van der Waals surface area contributed by atoms with Crippen LogP contribution in [0.4, 0.5) is 5.82 Å². The predicted molar refractivity (Wildman–Crippen MR) is 118 cm³/mol. The summed E-state index contributed by atoms with van der Waals surface area (Å²) in [6.45, 7) is 2.54. The largest absolute Gasteiger partial charge is 0.489 e. The van der Waals surface area contributed by atoms with E-state index < -0.39 is 0 Å². The first kappa shape index (κ1) is 17.3. The molecule has 0 spiro atoms. The standard InChI is InChI=1S/C25H21N3O/c1-17-9-5-6-12-20(17)23-24(26)28-15-18(16-29-19-10-3-2-4-11-19)21-13-7-8-14-22(21)25(28)27-23/h2-15H,16,26H2,1H3. The molecule has 0 aliphatic heterocycles. The van der Waals surface area contributed by atoms with Crippen LogP contribution in [-0.4, -0.2) is 9.38 Å². The zero-order valence-electron chi connectivity index (χ0n) is 16.2. The fraction of sp³-hybridized carbons (Fsp3) is 0.0800. The van der Waals surface area contributed by atoms with E-state index in [1.807, 2.05) is 65.2 Å². The second-order valence-electron chi connectivity index (χ2n) is 7.16. The quantitative estimate of drug-likeness (QED) is 0.441. The third-order valence-corrected chi connectivity index (χ3v) is 5.28. The molecular weight excluding hydrogens is 358 g/mol. The molecule has 0 aliphatic carbocycles. The molecule has 4 heteroatoms. The zero-order chi connectivity index (χ0) is 19.8. The number of pyridine rings is 1. The Hall–Kier alpha value is -3.79. The second kappa shape index (κ2) is 6.99. The number of nitrogens with two attached hydrogens (primary N) is 1. The minimum atomic E-state index is 0.456. The Morgan fingerprint density at radius 3 is 2.34 bits per heavy atom. The first-order chi connectivity index (χ1) is 14.2. The summed E-state index contributed by atoms with van der Waals surface area (Å²) in [5, 5.41) is 2.19. The number of para-hydroxylation sites is 1. The number of benzene rings is 3. The summed E-state index contributed by atoms with van der Waals surface area (Å²) in [6, 6.07) is 26.3. The van der Waals surface area contributed by atoms with Gasteiger partial charge in [-0.25, -0.2) is 4.98 Å². The van der Waals surface area contributed by atoms with Gasteiger partial charge >= 0.3 is 0 Å². The monoisotopic (exact) mass is 379 g/mol. The number of imidazole rings is 1. The van der Waals surface area contributed by atoms with Crippen LogP contribution in [0.3, 0.4) is 0 Å². The van der Waals surface area contributed by atoms with Crippen LogP contribution >= 0.6 is 0 Å². The predicted octanol–water partition coefficient (Wildman–Crippen LogP) is 5.62. The molecular formula is C25H21N3O. The van der Waals surface area contributed by atoms with Crippen molar-refractivity contribution in [1.82, 2.24) is 9.38 Å². The van der Waals surface area contributed by atoms with E-state index in [2.05, 4.69) is 31.2 Å². The summed E-state index contributed by atoms with van der Waals surface area (Å²) in [5.74, 6) is 1.48. The lowest BCUT2D eigenvalue weighted by Crippen LogP contribution is -2.01. The maximum atomic E-state index is 6.57. The maximum absolute atomic E-state index is 6.57. The van der Waals surface area contributed by atoms with Crippen LogP contribution in [0.15, 0.2) is 85.1 Å². The van der Waals surface area contributed by atoms with Crippen LogP contribution in [-0.2, 0) is 6.61 Å². The van der Waals surface area contributed by atoms with Crippen molar-refractivity contribution >= 4 is 22.2 Å². The van der Waals surface area contributed by atoms with Gasteiger partial charge in [-0.15, -0.1) is 0 Å². The lowest BCUT2D eigenvalue weighted by atomic mass is 10.1. The molecule has 0 amide bonds. The summed E-state index contributed by atoms with van der Waals surface area (Å²) >= 11 is 0. The van der Waals surface area contributed by atoms with Gasteiger partial charge in [-0.1, -0.05) is 66.7 Å². The normalized spacial score (nSPS) is 11.2. The summed E-state index contributed by atoms with van der Waals surface area (Å²) in [4.78, 5) is 4.93. The van der Waals surface area contributed by atoms with E-state index in [-0.39, 0.29) is 0 Å². The van der Waals surface area contributed by atoms with Gasteiger partial charge in [0.15, 0.2) is 0 Å². The van der Waals surface area contributed by atoms with Crippen LogP contribution < -0.4 is 10.5 Å². The van der Waals surface area contributed by atoms with E-state index >= 15 is 0 Å². The van der Waals surface area contributed by atoms with Gasteiger partial charge in [-0.3, -0.25) is 4.40 Å². The number of hydrogen-bond donors (Lipinski definition) is 1. The first-order valence-electron chi connectivity index (χ1n) is 9.64. The summed E-state index contributed by atoms with van der Waals surface area (Å²) in [6.07, 6.45) is 2.05. The van der Waals surface area contributed by atoms with Crippen LogP contribution in [0.5, 0.6) is 5.75 Å².